The van der Waals surface area contributed by atoms with Gasteiger partial charge in [-0.3, -0.25) is 5.10 Å². The molecule has 1 aromatic heterocycles. The third-order valence-electron chi connectivity index (χ3n) is 3.79. The van der Waals surface area contributed by atoms with E-state index in [9.17, 15) is 5.26 Å². The van der Waals surface area contributed by atoms with Crippen LogP contribution in [-0.2, 0) is 6.42 Å². The minimum atomic E-state index is -0.422. The molecule has 0 saturated heterocycles. The number of ether oxygens (including phenoxy) is 1. The van der Waals surface area contributed by atoms with Crippen molar-refractivity contribution < 1.29 is 4.74 Å². The molecule has 1 aromatic carbocycles. The number of hydrogen-bond donors (Lipinski definition) is 2. The number of nitrogens with two attached hydrogens (primary N) is 1. The monoisotopic (exact) mass is 348 g/mol. The van der Waals surface area contributed by atoms with E-state index in [0.717, 1.165) is 29.7 Å². The molecular weight excluding hydrogens is 335 g/mol. The van der Waals surface area contributed by atoms with Crippen LogP contribution in [0.4, 0.5) is 0 Å². The Hall–Kier alpha value is -2.16. The summed E-state index contributed by atoms with van der Waals surface area (Å²) < 4.78 is 5.50. The van der Waals surface area contributed by atoms with E-state index in [4.69, 9.17) is 33.7 Å². The van der Waals surface area contributed by atoms with E-state index in [-0.39, 0.29) is 5.88 Å². The summed E-state index contributed by atoms with van der Waals surface area (Å²) in [7, 11) is 0. The summed E-state index contributed by atoms with van der Waals surface area (Å²) in [5, 5.41) is 17.7. The molecule has 3 rings (SSSR count). The molecule has 0 bridgehead atoms. The average molecular weight is 349 g/mol. The number of aryl methyl sites for hydroxylation is 1. The molecular formula is C16H14Cl2N4O. The third kappa shape index (κ3) is 2.65. The first-order chi connectivity index (χ1) is 11.1. The number of hydrogen-bond acceptors (Lipinski definition) is 4. The van der Waals surface area contributed by atoms with E-state index in [1.807, 2.05) is 0 Å². The van der Waals surface area contributed by atoms with Crippen LogP contribution in [0.15, 0.2) is 29.7 Å². The molecule has 23 heavy (non-hydrogen) atoms. The molecule has 7 heteroatoms. The Bertz CT molecular complexity index is 835. The molecule has 0 fully saturated rings. The smallest absolute Gasteiger partial charge is 0.244 e. The molecule has 2 heterocycles. The van der Waals surface area contributed by atoms with Gasteiger partial charge in [-0.15, -0.1) is 5.10 Å². The fourth-order valence-corrected chi connectivity index (χ4v) is 3.31. The van der Waals surface area contributed by atoms with Gasteiger partial charge in [-0.25, -0.2) is 0 Å². The fourth-order valence-electron chi connectivity index (χ4n) is 2.80. The Labute approximate surface area is 143 Å². The number of aromatic amines is 1. The Balaban J connectivity index is 2.24. The number of halogens is 2. The van der Waals surface area contributed by atoms with Crippen LogP contribution >= 0.6 is 23.2 Å². The standard InChI is InChI=1S/C16H14Cl2N4O/c1-2-3-12-14-13(9-5-4-8(17)6-11(9)18)10(7-19)15(20)23-16(14)22-21-12/h4-6,13H,2-3,20H2,1H3,(H,21,22)/t13-/m1/s1. The van der Waals surface area contributed by atoms with Gasteiger partial charge in [0.15, 0.2) is 0 Å². The minimum absolute atomic E-state index is 0.0468. The van der Waals surface area contributed by atoms with E-state index < -0.39 is 5.92 Å². The molecule has 1 aliphatic rings. The molecule has 2 aromatic rings. The Morgan fingerprint density at radius 2 is 2.22 bits per heavy atom. The number of fused-ring (bicyclic) bond motifs is 1. The quantitative estimate of drug-likeness (QED) is 0.880. The van der Waals surface area contributed by atoms with E-state index in [1.54, 1.807) is 18.2 Å². The lowest BCUT2D eigenvalue weighted by atomic mass is 9.83. The minimum Gasteiger partial charge on any atom is -0.420 e. The fraction of sp³-hybridized carbons (Fsp3) is 0.250. The number of nitrogens with one attached hydrogen (secondary N) is 1. The zero-order chi connectivity index (χ0) is 16.6. The normalized spacial score (nSPS) is 16.7. The van der Waals surface area contributed by atoms with Gasteiger partial charge in [-0.1, -0.05) is 42.6 Å². The number of benzene rings is 1. The van der Waals surface area contributed by atoms with Crippen molar-refractivity contribution in [3.8, 4) is 11.9 Å². The lowest BCUT2D eigenvalue weighted by Crippen LogP contribution is -2.21. The molecule has 0 aliphatic carbocycles. The van der Waals surface area contributed by atoms with Crippen LogP contribution < -0.4 is 10.5 Å². The molecule has 5 nitrogen and oxygen atoms in total. The van der Waals surface area contributed by atoms with Crippen LogP contribution in [0, 0.1) is 11.3 Å². The summed E-state index contributed by atoms with van der Waals surface area (Å²) in [6.07, 6.45) is 1.71. The second-order valence-corrected chi connectivity index (χ2v) is 6.11. The maximum absolute atomic E-state index is 9.55. The number of rotatable bonds is 3. The predicted molar refractivity (Wildman–Crippen MR) is 88.3 cm³/mol. The van der Waals surface area contributed by atoms with Crippen molar-refractivity contribution in [3.05, 3.63) is 56.5 Å². The van der Waals surface area contributed by atoms with Gasteiger partial charge in [0, 0.05) is 15.7 Å². The Kier molecular flexibility index (Phi) is 4.20. The largest absolute Gasteiger partial charge is 0.420 e. The van der Waals surface area contributed by atoms with E-state index in [0.29, 0.717) is 21.5 Å². The van der Waals surface area contributed by atoms with Crippen molar-refractivity contribution in [1.29, 1.82) is 5.26 Å². The van der Waals surface area contributed by atoms with Crippen LogP contribution in [0.5, 0.6) is 5.88 Å². The first kappa shape index (κ1) is 15.7. The highest BCUT2D eigenvalue weighted by Gasteiger charge is 2.35. The zero-order valence-electron chi connectivity index (χ0n) is 12.4. The molecule has 118 valence electrons. The molecule has 0 amide bonds. The van der Waals surface area contributed by atoms with Gasteiger partial charge in [0.2, 0.25) is 11.8 Å². The van der Waals surface area contributed by atoms with Gasteiger partial charge < -0.3 is 10.5 Å². The average Bonchev–Trinajstić information content (AvgIpc) is 2.89. The van der Waals surface area contributed by atoms with Gasteiger partial charge in [-0.2, -0.15) is 5.26 Å². The number of H-pyrrole nitrogens is 1. The number of nitrogens with zero attached hydrogens (tertiary/aromatic N) is 2. The highest BCUT2D eigenvalue weighted by Crippen LogP contribution is 2.45. The van der Waals surface area contributed by atoms with Gasteiger partial charge in [0.25, 0.3) is 0 Å². The second kappa shape index (κ2) is 6.15. The van der Waals surface area contributed by atoms with Crippen LogP contribution in [0.3, 0.4) is 0 Å². The summed E-state index contributed by atoms with van der Waals surface area (Å²) >= 11 is 12.4. The summed E-state index contributed by atoms with van der Waals surface area (Å²) in [5.41, 5.74) is 8.70. The topological polar surface area (TPSA) is 87.7 Å². The van der Waals surface area contributed by atoms with Crippen molar-refractivity contribution in [3.63, 3.8) is 0 Å². The molecule has 0 saturated carbocycles. The Morgan fingerprint density at radius 3 is 2.87 bits per heavy atom. The lowest BCUT2D eigenvalue weighted by molar-refractivity contribution is 0.378. The van der Waals surface area contributed by atoms with Crippen molar-refractivity contribution in [2.45, 2.75) is 25.7 Å². The van der Waals surface area contributed by atoms with Gasteiger partial charge in [0.05, 0.1) is 11.5 Å². The van der Waals surface area contributed by atoms with Crippen molar-refractivity contribution in [1.82, 2.24) is 10.2 Å². The predicted octanol–water partition coefficient (Wildman–Crippen LogP) is 3.89. The lowest BCUT2D eigenvalue weighted by Gasteiger charge is -2.24. The van der Waals surface area contributed by atoms with Crippen molar-refractivity contribution in [2.75, 3.05) is 0 Å². The van der Waals surface area contributed by atoms with E-state index in [1.165, 1.54) is 0 Å². The zero-order valence-corrected chi connectivity index (χ0v) is 13.9. The van der Waals surface area contributed by atoms with Crippen molar-refractivity contribution >= 4 is 23.2 Å². The van der Waals surface area contributed by atoms with E-state index in [2.05, 4.69) is 23.2 Å². The van der Waals surface area contributed by atoms with Gasteiger partial charge in [-0.05, 0) is 24.1 Å². The highest BCUT2D eigenvalue weighted by atomic mass is 35.5. The molecule has 3 N–H and O–H groups in total. The van der Waals surface area contributed by atoms with Crippen LogP contribution in [0.2, 0.25) is 10.0 Å². The Morgan fingerprint density at radius 1 is 1.43 bits per heavy atom. The molecule has 1 atom stereocenters. The molecule has 0 unspecified atom stereocenters. The van der Waals surface area contributed by atoms with Crippen LogP contribution in [0.1, 0.15) is 36.1 Å². The summed E-state index contributed by atoms with van der Waals surface area (Å²) in [6, 6.07) is 7.33. The highest BCUT2D eigenvalue weighted by molar-refractivity contribution is 6.35. The molecule has 1 aliphatic heterocycles. The first-order valence-corrected chi connectivity index (χ1v) is 7.92. The van der Waals surface area contributed by atoms with Gasteiger partial charge in [0.1, 0.15) is 11.6 Å². The third-order valence-corrected chi connectivity index (χ3v) is 4.35. The second-order valence-electron chi connectivity index (χ2n) is 5.26. The molecule has 0 spiro atoms. The van der Waals surface area contributed by atoms with Crippen LogP contribution in [0.25, 0.3) is 0 Å². The number of allylic oxidation sites excluding steroid dienone is 1. The molecule has 0 radical (unpaired) electrons. The number of aromatic nitrogens is 2. The van der Waals surface area contributed by atoms with E-state index >= 15 is 0 Å². The SMILES string of the molecule is CCCc1[nH]nc2c1[C@H](c1ccc(Cl)cc1Cl)C(C#N)=C(N)O2. The van der Waals surface area contributed by atoms with Crippen LogP contribution in [-0.4, -0.2) is 10.2 Å². The first-order valence-electron chi connectivity index (χ1n) is 7.16. The van der Waals surface area contributed by atoms with Gasteiger partial charge >= 0.3 is 0 Å². The maximum Gasteiger partial charge on any atom is 0.244 e. The summed E-state index contributed by atoms with van der Waals surface area (Å²) in [6.45, 7) is 2.07. The maximum atomic E-state index is 9.55. The summed E-state index contributed by atoms with van der Waals surface area (Å²) in [5.74, 6) is 0.0142. The number of nitriles is 1. The summed E-state index contributed by atoms with van der Waals surface area (Å²) in [4.78, 5) is 0. The van der Waals surface area contributed by atoms with Crippen molar-refractivity contribution in [2.24, 2.45) is 5.73 Å².